The van der Waals surface area contributed by atoms with Crippen molar-refractivity contribution in [3.8, 4) is 0 Å². The topological polar surface area (TPSA) is 35.2 Å². The molecule has 1 aromatic rings. The van der Waals surface area contributed by atoms with Gasteiger partial charge in [0.2, 0.25) is 0 Å². The Morgan fingerprint density at radius 1 is 1.53 bits per heavy atom. The van der Waals surface area contributed by atoms with E-state index in [-0.39, 0.29) is 17.5 Å². The number of hydrogen-bond acceptors (Lipinski definition) is 2. The van der Waals surface area contributed by atoms with Crippen molar-refractivity contribution in [2.24, 2.45) is 5.73 Å². The van der Waals surface area contributed by atoms with Crippen LogP contribution in [0.1, 0.15) is 31.4 Å². The molecule has 2 rings (SSSR count). The second-order valence-electron chi connectivity index (χ2n) is 4.30. The molecule has 0 radical (unpaired) electrons. The van der Waals surface area contributed by atoms with E-state index in [1.54, 1.807) is 6.07 Å². The van der Waals surface area contributed by atoms with Crippen LogP contribution in [0, 0.1) is 5.82 Å². The van der Waals surface area contributed by atoms with Gasteiger partial charge >= 0.3 is 0 Å². The van der Waals surface area contributed by atoms with E-state index in [9.17, 15) is 4.39 Å². The minimum Gasteiger partial charge on any atom is -0.373 e. The molecular formula is C12H16FNO. The molecule has 1 aliphatic heterocycles. The molecule has 0 bridgehead atoms. The van der Waals surface area contributed by atoms with E-state index in [2.05, 4.69) is 0 Å². The second-order valence-corrected chi connectivity index (χ2v) is 4.30. The lowest BCUT2D eigenvalue weighted by Gasteiger charge is -2.30. The molecule has 1 fully saturated rings. The van der Waals surface area contributed by atoms with Crippen molar-refractivity contribution in [2.45, 2.75) is 31.4 Å². The largest absolute Gasteiger partial charge is 0.373 e. The summed E-state index contributed by atoms with van der Waals surface area (Å²) in [5, 5.41) is 0. The molecule has 15 heavy (non-hydrogen) atoms. The van der Waals surface area contributed by atoms with Crippen molar-refractivity contribution >= 4 is 0 Å². The Morgan fingerprint density at radius 3 is 2.93 bits per heavy atom. The van der Waals surface area contributed by atoms with Gasteiger partial charge in [-0.2, -0.15) is 0 Å². The Morgan fingerprint density at radius 2 is 2.33 bits per heavy atom. The minimum absolute atomic E-state index is 0.246. The molecule has 1 aromatic carbocycles. The van der Waals surface area contributed by atoms with Gasteiger partial charge in [0.25, 0.3) is 0 Å². The molecule has 2 atom stereocenters. The van der Waals surface area contributed by atoms with Gasteiger partial charge in [-0.25, -0.2) is 4.39 Å². The number of nitrogens with two attached hydrogens (primary N) is 1. The molecule has 2 N–H and O–H groups in total. The Hall–Kier alpha value is -0.930. The predicted octanol–water partition coefficient (Wildman–Crippen LogP) is 2.39. The highest BCUT2D eigenvalue weighted by molar-refractivity contribution is 5.22. The highest BCUT2D eigenvalue weighted by atomic mass is 19.1. The van der Waals surface area contributed by atoms with E-state index in [0.717, 1.165) is 25.0 Å². The molecule has 0 amide bonds. The van der Waals surface area contributed by atoms with E-state index >= 15 is 0 Å². The monoisotopic (exact) mass is 209 g/mol. The van der Waals surface area contributed by atoms with Gasteiger partial charge in [-0.15, -0.1) is 0 Å². The van der Waals surface area contributed by atoms with Crippen molar-refractivity contribution < 1.29 is 9.13 Å². The number of halogens is 1. The number of hydrogen-bond donors (Lipinski definition) is 1. The molecule has 3 heteroatoms. The molecule has 1 saturated heterocycles. The van der Waals surface area contributed by atoms with Gasteiger partial charge in [-0.3, -0.25) is 0 Å². The molecule has 0 aromatic heterocycles. The zero-order valence-electron chi connectivity index (χ0n) is 8.87. The predicted molar refractivity (Wildman–Crippen MR) is 56.9 cm³/mol. The highest BCUT2D eigenvalue weighted by Gasteiger charge is 2.37. The Bertz CT molecular complexity index is 347. The molecule has 1 heterocycles. The van der Waals surface area contributed by atoms with Gasteiger partial charge in [0, 0.05) is 6.61 Å². The number of ether oxygens (including phenoxy) is 1. The molecule has 1 aliphatic rings. The van der Waals surface area contributed by atoms with Crippen molar-refractivity contribution in [1.82, 2.24) is 0 Å². The average molecular weight is 209 g/mol. The first kappa shape index (κ1) is 10.6. The Labute approximate surface area is 89.2 Å². The lowest BCUT2D eigenvalue weighted by molar-refractivity contribution is -0.00179. The minimum atomic E-state index is -0.339. The van der Waals surface area contributed by atoms with E-state index in [4.69, 9.17) is 10.5 Å². The van der Waals surface area contributed by atoms with Gasteiger partial charge in [0.15, 0.2) is 0 Å². The van der Waals surface area contributed by atoms with Crippen LogP contribution in [0.25, 0.3) is 0 Å². The summed E-state index contributed by atoms with van der Waals surface area (Å²) in [6, 6.07) is 6.19. The first-order valence-corrected chi connectivity index (χ1v) is 5.27. The average Bonchev–Trinajstić information content (AvgIpc) is 2.65. The highest BCUT2D eigenvalue weighted by Crippen LogP contribution is 2.35. The summed E-state index contributed by atoms with van der Waals surface area (Å²) in [5.41, 5.74) is 6.58. The van der Waals surface area contributed by atoms with Crippen LogP contribution in [0.4, 0.5) is 4.39 Å². The normalized spacial score (nSPS) is 27.9. The molecule has 0 spiro atoms. The van der Waals surface area contributed by atoms with Crippen LogP contribution in [0.5, 0.6) is 0 Å². The fraction of sp³-hybridized carbons (Fsp3) is 0.500. The first-order chi connectivity index (χ1) is 7.12. The van der Waals surface area contributed by atoms with Crippen molar-refractivity contribution in [1.29, 1.82) is 0 Å². The van der Waals surface area contributed by atoms with Gasteiger partial charge < -0.3 is 10.5 Å². The number of benzene rings is 1. The van der Waals surface area contributed by atoms with E-state index < -0.39 is 0 Å². The standard InChI is InChI=1S/C12H16FNO/c1-12(6-3-7-15-12)11(14)9-4-2-5-10(13)8-9/h2,4-5,8,11H,3,6-7,14H2,1H3. The van der Waals surface area contributed by atoms with Gasteiger partial charge in [0.1, 0.15) is 5.82 Å². The summed E-state index contributed by atoms with van der Waals surface area (Å²) in [6.07, 6.45) is 1.96. The molecule has 0 saturated carbocycles. The summed E-state index contributed by atoms with van der Waals surface area (Å²) < 4.78 is 18.7. The third kappa shape index (κ3) is 2.03. The van der Waals surface area contributed by atoms with Gasteiger partial charge in [0.05, 0.1) is 11.6 Å². The van der Waals surface area contributed by atoms with E-state index in [1.165, 1.54) is 12.1 Å². The van der Waals surface area contributed by atoms with Crippen molar-refractivity contribution in [3.05, 3.63) is 35.6 Å². The third-order valence-electron chi connectivity index (χ3n) is 3.11. The zero-order chi connectivity index (χ0) is 10.9. The van der Waals surface area contributed by atoms with Crippen LogP contribution < -0.4 is 5.73 Å². The number of rotatable bonds is 2. The lowest BCUT2D eigenvalue weighted by atomic mass is 9.88. The summed E-state index contributed by atoms with van der Waals surface area (Å²) >= 11 is 0. The van der Waals surface area contributed by atoms with Gasteiger partial charge in [-0.1, -0.05) is 12.1 Å². The SMILES string of the molecule is CC1(C(N)c2cccc(F)c2)CCCO1. The van der Waals surface area contributed by atoms with Crippen LogP contribution in [0.15, 0.2) is 24.3 Å². The summed E-state index contributed by atoms with van der Waals surface area (Å²) in [6.45, 7) is 2.75. The van der Waals surface area contributed by atoms with Crippen molar-refractivity contribution in [2.75, 3.05) is 6.61 Å². The maximum Gasteiger partial charge on any atom is 0.123 e. The van der Waals surface area contributed by atoms with Crippen LogP contribution in [0.3, 0.4) is 0 Å². The maximum absolute atomic E-state index is 13.0. The summed E-state index contributed by atoms with van der Waals surface area (Å²) in [5.74, 6) is -0.246. The van der Waals surface area contributed by atoms with Crippen LogP contribution in [0.2, 0.25) is 0 Å². The lowest BCUT2D eigenvalue weighted by Crippen LogP contribution is -2.37. The summed E-state index contributed by atoms with van der Waals surface area (Å²) in [4.78, 5) is 0. The molecule has 82 valence electrons. The second kappa shape index (κ2) is 3.91. The van der Waals surface area contributed by atoms with Crippen LogP contribution >= 0.6 is 0 Å². The Balaban J connectivity index is 2.23. The molecular weight excluding hydrogens is 193 g/mol. The van der Waals surface area contributed by atoms with Crippen molar-refractivity contribution in [3.63, 3.8) is 0 Å². The van der Waals surface area contributed by atoms with E-state index in [0.29, 0.717) is 0 Å². The maximum atomic E-state index is 13.0. The van der Waals surface area contributed by atoms with Crippen LogP contribution in [-0.2, 0) is 4.74 Å². The smallest absolute Gasteiger partial charge is 0.123 e. The quantitative estimate of drug-likeness (QED) is 0.811. The summed E-state index contributed by atoms with van der Waals surface area (Å²) in [7, 11) is 0. The third-order valence-corrected chi connectivity index (χ3v) is 3.11. The Kier molecular flexibility index (Phi) is 2.76. The van der Waals surface area contributed by atoms with E-state index in [1.807, 2.05) is 13.0 Å². The molecule has 0 aliphatic carbocycles. The zero-order valence-corrected chi connectivity index (χ0v) is 8.87. The fourth-order valence-electron chi connectivity index (χ4n) is 2.10. The fourth-order valence-corrected chi connectivity index (χ4v) is 2.10. The molecule has 2 unspecified atom stereocenters. The van der Waals surface area contributed by atoms with Gasteiger partial charge in [-0.05, 0) is 37.5 Å². The first-order valence-electron chi connectivity index (χ1n) is 5.27. The van der Waals surface area contributed by atoms with Crippen LogP contribution in [-0.4, -0.2) is 12.2 Å². The molecule has 2 nitrogen and oxygen atoms in total.